The molecule has 0 heterocycles. The second-order valence-corrected chi connectivity index (χ2v) is 4.04. The topological polar surface area (TPSA) is 47.3 Å². The highest BCUT2D eigenvalue weighted by Gasteiger charge is 2.06. The standard InChI is InChI=1S/C11H16N2OS/c1-7(2)8-4-5-10(14-3)9(6-8)13-11(12)15/h4-7H,1-3H3,(H3,12,13,15). The van der Waals surface area contributed by atoms with Gasteiger partial charge in [-0.05, 0) is 35.8 Å². The van der Waals surface area contributed by atoms with Crippen LogP contribution in [0.3, 0.4) is 0 Å². The highest BCUT2D eigenvalue weighted by atomic mass is 32.1. The maximum atomic E-state index is 5.44. The first-order chi connectivity index (χ1) is 7.04. The molecule has 1 aromatic rings. The van der Waals surface area contributed by atoms with Crippen molar-refractivity contribution in [1.82, 2.24) is 0 Å². The molecule has 0 aliphatic rings. The molecule has 0 unspecified atom stereocenters. The second-order valence-electron chi connectivity index (χ2n) is 3.60. The van der Waals surface area contributed by atoms with Crippen LogP contribution in [0.25, 0.3) is 0 Å². The molecule has 0 spiro atoms. The lowest BCUT2D eigenvalue weighted by molar-refractivity contribution is 0.416. The molecule has 0 aromatic heterocycles. The first kappa shape index (κ1) is 11.8. The van der Waals surface area contributed by atoms with E-state index in [1.165, 1.54) is 5.56 Å². The van der Waals surface area contributed by atoms with Crippen LogP contribution in [0.5, 0.6) is 5.75 Å². The summed E-state index contributed by atoms with van der Waals surface area (Å²) >= 11 is 4.81. The highest BCUT2D eigenvalue weighted by Crippen LogP contribution is 2.28. The maximum Gasteiger partial charge on any atom is 0.168 e. The number of nitrogens with two attached hydrogens (primary N) is 1. The first-order valence-electron chi connectivity index (χ1n) is 4.79. The molecule has 0 atom stereocenters. The lowest BCUT2D eigenvalue weighted by Crippen LogP contribution is -2.19. The van der Waals surface area contributed by atoms with Crippen LogP contribution in [-0.2, 0) is 0 Å². The molecule has 0 saturated carbocycles. The quantitative estimate of drug-likeness (QED) is 0.774. The highest BCUT2D eigenvalue weighted by molar-refractivity contribution is 7.80. The Hall–Kier alpha value is -1.29. The Morgan fingerprint density at radius 2 is 2.13 bits per heavy atom. The number of rotatable bonds is 3. The summed E-state index contributed by atoms with van der Waals surface area (Å²) in [5.74, 6) is 1.20. The summed E-state index contributed by atoms with van der Waals surface area (Å²) < 4.78 is 5.20. The Morgan fingerprint density at radius 1 is 1.47 bits per heavy atom. The second kappa shape index (κ2) is 4.98. The van der Waals surface area contributed by atoms with Gasteiger partial charge < -0.3 is 15.8 Å². The van der Waals surface area contributed by atoms with E-state index in [4.69, 9.17) is 22.7 Å². The van der Waals surface area contributed by atoms with Gasteiger partial charge in [0.15, 0.2) is 5.11 Å². The number of hydrogen-bond acceptors (Lipinski definition) is 2. The molecule has 3 N–H and O–H groups in total. The minimum absolute atomic E-state index is 0.245. The molecular formula is C11H16N2OS. The van der Waals surface area contributed by atoms with Crippen LogP contribution in [0.4, 0.5) is 5.69 Å². The van der Waals surface area contributed by atoms with Crippen molar-refractivity contribution < 1.29 is 4.74 Å². The van der Waals surface area contributed by atoms with Crippen LogP contribution >= 0.6 is 12.2 Å². The molecule has 0 fully saturated rings. The zero-order valence-electron chi connectivity index (χ0n) is 9.20. The predicted molar refractivity (Wildman–Crippen MR) is 67.5 cm³/mol. The Labute approximate surface area is 95.6 Å². The summed E-state index contributed by atoms with van der Waals surface area (Å²) in [6.45, 7) is 4.26. The van der Waals surface area contributed by atoms with Gasteiger partial charge in [-0.15, -0.1) is 0 Å². The number of methoxy groups -OCH3 is 1. The van der Waals surface area contributed by atoms with E-state index in [2.05, 4.69) is 19.2 Å². The van der Waals surface area contributed by atoms with Gasteiger partial charge in [-0.25, -0.2) is 0 Å². The van der Waals surface area contributed by atoms with Crippen LogP contribution in [-0.4, -0.2) is 12.2 Å². The molecule has 15 heavy (non-hydrogen) atoms. The molecule has 3 nitrogen and oxygen atoms in total. The smallest absolute Gasteiger partial charge is 0.168 e. The number of benzene rings is 1. The van der Waals surface area contributed by atoms with Crippen molar-refractivity contribution in [3.05, 3.63) is 23.8 Å². The molecule has 0 aliphatic heterocycles. The third-order valence-corrected chi connectivity index (χ3v) is 2.25. The minimum atomic E-state index is 0.245. The van der Waals surface area contributed by atoms with E-state index >= 15 is 0 Å². The van der Waals surface area contributed by atoms with E-state index in [-0.39, 0.29) is 5.11 Å². The largest absolute Gasteiger partial charge is 0.495 e. The zero-order chi connectivity index (χ0) is 11.4. The summed E-state index contributed by atoms with van der Waals surface area (Å²) in [4.78, 5) is 0. The zero-order valence-corrected chi connectivity index (χ0v) is 10.0. The van der Waals surface area contributed by atoms with Gasteiger partial charge >= 0.3 is 0 Å². The normalized spacial score (nSPS) is 10.1. The van der Waals surface area contributed by atoms with E-state index in [1.54, 1.807) is 7.11 Å². The third-order valence-electron chi connectivity index (χ3n) is 2.15. The Balaban J connectivity index is 3.07. The third kappa shape index (κ3) is 3.09. The number of anilines is 1. The maximum absolute atomic E-state index is 5.44. The monoisotopic (exact) mass is 224 g/mol. The Morgan fingerprint density at radius 3 is 2.60 bits per heavy atom. The first-order valence-corrected chi connectivity index (χ1v) is 5.19. The lowest BCUT2D eigenvalue weighted by atomic mass is 10.0. The summed E-state index contributed by atoms with van der Waals surface area (Å²) in [5.41, 5.74) is 7.47. The van der Waals surface area contributed by atoms with E-state index < -0.39 is 0 Å². The van der Waals surface area contributed by atoms with Gasteiger partial charge in [0.05, 0.1) is 12.8 Å². The van der Waals surface area contributed by atoms with Crippen molar-refractivity contribution in [3.63, 3.8) is 0 Å². The van der Waals surface area contributed by atoms with E-state index in [0.29, 0.717) is 5.92 Å². The molecular weight excluding hydrogens is 208 g/mol. The van der Waals surface area contributed by atoms with E-state index in [1.807, 2.05) is 18.2 Å². The van der Waals surface area contributed by atoms with Crippen molar-refractivity contribution in [2.75, 3.05) is 12.4 Å². The predicted octanol–water partition coefficient (Wildman–Crippen LogP) is 2.47. The van der Waals surface area contributed by atoms with Gasteiger partial charge in [-0.2, -0.15) is 0 Å². The molecule has 1 rings (SSSR count). The minimum Gasteiger partial charge on any atom is -0.495 e. The molecule has 0 aliphatic carbocycles. The Bertz CT molecular complexity index is 364. The Kier molecular flexibility index (Phi) is 3.91. The summed E-state index contributed by atoms with van der Waals surface area (Å²) in [6, 6.07) is 5.95. The summed E-state index contributed by atoms with van der Waals surface area (Å²) in [5, 5.41) is 3.15. The van der Waals surface area contributed by atoms with E-state index in [9.17, 15) is 0 Å². The van der Waals surface area contributed by atoms with Gasteiger partial charge in [0.1, 0.15) is 5.75 Å². The molecule has 0 saturated heterocycles. The number of nitrogens with one attached hydrogen (secondary N) is 1. The molecule has 82 valence electrons. The van der Waals surface area contributed by atoms with Crippen molar-refractivity contribution in [2.45, 2.75) is 19.8 Å². The number of ether oxygens (including phenoxy) is 1. The van der Waals surface area contributed by atoms with Crippen LogP contribution < -0.4 is 15.8 Å². The van der Waals surface area contributed by atoms with Crippen LogP contribution in [0.2, 0.25) is 0 Å². The van der Waals surface area contributed by atoms with Gasteiger partial charge in [-0.1, -0.05) is 19.9 Å². The van der Waals surface area contributed by atoms with Gasteiger partial charge in [0.2, 0.25) is 0 Å². The van der Waals surface area contributed by atoms with Crippen LogP contribution in [0.15, 0.2) is 18.2 Å². The number of hydrogen-bond donors (Lipinski definition) is 2. The fraction of sp³-hybridized carbons (Fsp3) is 0.364. The van der Waals surface area contributed by atoms with Gasteiger partial charge in [0, 0.05) is 0 Å². The van der Waals surface area contributed by atoms with Crippen molar-refractivity contribution in [2.24, 2.45) is 5.73 Å². The van der Waals surface area contributed by atoms with Crippen LogP contribution in [0.1, 0.15) is 25.3 Å². The molecule has 0 bridgehead atoms. The fourth-order valence-corrected chi connectivity index (χ4v) is 1.43. The van der Waals surface area contributed by atoms with E-state index in [0.717, 1.165) is 11.4 Å². The fourth-order valence-electron chi connectivity index (χ4n) is 1.32. The van der Waals surface area contributed by atoms with Gasteiger partial charge in [0.25, 0.3) is 0 Å². The van der Waals surface area contributed by atoms with Crippen molar-refractivity contribution in [1.29, 1.82) is 0 Å². The van der Waals surface area contributed by atoms with Crippen LogP contribution in [0, 0.1) is 0 Å². The summed E-state index contributed by atoms with van der Waals surface area (Å²) in [6.07, 6.45) is 0. The average Bonchev–Trinajstić information content (AvgIpc) is 2.16. The SMILES string of the molecule is COc1ccc(C(C)C)cc1NC(N)=S. The average molecular weight is 224 g/mol. The molecule has 4 heteroatoms. The lowest BCUT2D eigenvalue weighted by Gasteiger charge is -2.13. The molecule has 1 aromatic carbocycles. The van der Waals surface area contributed by atoms with Crippen molar-refractivity contribution >= 4 is 23.0 Å². The number of thiocarbonyl (C=S) groups is 1. The van der Waals surface area contributed by atoms with Crippen molar-refractivity contribution in [3.8, 4) is 5.75 Å². The molecule has 0 amide bonds. The molecule has 0 radical (unpaired) electrons. The summed E-state index contributed by atoms with van der Waals surface area (Å²) in [7, 11) is 1.62. The van der Waals surface area contributed by atoms with Gasteiger partial charge in [-0.3, -0.25) is 0 Å².